The van der Waals surface area contributed by atoms with Crippen molar-refractivity contribution in [2.24, 2.45) is 5.92 Å². The lowest BCUT2D eigenvalue weighted by Crippen LogP contribution is -2.65. The molecule has 0 aliphatic carbocycles. The van der Waals surface area contributed by atoms with Crippen molar-refractivity contribution >= 4 is 59.7 Å². The molecule has 2 amide bonds. The topological polar surface area (TPSA) is 146 Å². The zero-order valence-corrected chi connectivity index (χ0v) is 20.7. The zero-order chi connectivity index (χ0) is 26.0. The number of carbonyl (C=O) groups excluding carboxylic acids is 5. The van der Waals surface area contributed by atoms with Gasteiger partial charge in [0.05, 0.1) is 37.1 Å². The molecule has 3 atom stereocenters. The second-order valence-electron chi connectivity index (χ2n) is 8.74. The summed E-state index contributed by atoms with van der Waals surface area (Å²) < 4.78 is 21.2. The van der Waals surface area contributed by atoms with Crippen LogP contribution in [0.4, 0.5) is 0 Å². The lowest BCUT2D eigenvalue weighted by Gasteiger charge is -2.46. The van der Waals surface area contributed by atoms with Crippen LogP contribution in [0.15, 0.2) is 18.2 Å². The van der Waals surface area contributed by atoms with Crippen LogP contribution < -0.4 is 10.6 Å². The fourth-order valence-corrected chi connectivity index (χ4v) is 4.39. The summed E-state index contributed by atoms with van der Waals surface area (Å²) in [6, 6.07) is 4.32. The number of hydrogen-bond donors (Lipinski definition) is 2. The third kappa shape index (κ3) is 5.88. The second kappa shape index (κ2) is 10.4. The number of fused-ring (bicyclic) bond motifs is 2. The number of methoxy groups -OCH3 is 1. The first-order valence-electron chi connectivity index (χ1n) is 10.8. The lowest BCUT2D eigenvalue weighted by molar-refractivity contribution is -0.161. The molecule has 35 heavy (non-hydrogen) atoms. The van der Waals surface area contributed by atoms with Crippen molar-refractivity contribution in [1.82, 2.24) is 10.6 Å². The van der Waals surface area contributed by atoms with Gasteiger partial charge in [-0.1, -0.05) is 43.5 Å². The first-order chi connectivity index (χ1) is 16.4. The van der Waals surface area contributed by atoms with E-state index >= 15 is 0 Å². The predicted octanol–water partition coefficient (Wildman–Crippen LogP) is 1.55. The van der Waals surface area contributed by atoms with E-state index in [0.717, 1.165) is 7.11 Å². The van der Waals surface area contributed by atoms with Gasteiger partial charge >= 0.3 is 12.7 Å². The Morgan fingerprint density at radius 1 is 1.20 bits per heavy atom. The van der Waals surface area contributed by atoms with Crippen LogP contribution >= 0.6 is 23.2 Å². The standard InChI is InChI=1S/C21H24BCl2N2O9/c1-11(2)6-15(26-16(27)10-25-19(30)13-7-12(23)4-5-14(13)24)22-33-18(29)9-21(35-22,20(31)34-22)8-17(28)32-3/h4-5,7,11,15H,6,8-10H2,1-3H3,(H,25,30)(H,26,27)/q-1/t15?,21-,22?/m1/s1. The maximum absolute atomic E-state index is 12.7. The third-order valence-corrected chi connectivity index (χ3v) is 6.13. The molecule has 2 N–H and O–H groups in total. The van der Waals surface area contributed by atoms with E-state index < -0.39 is 67.4 Å². The Morgan fingerprint density at radius 3 is 2.57 bits per heavy atom. The van der Waals surface area contributed by atoms with E-state index in [2.05, 4.69) is 15.4 Å². The normalized spacial score (nSPS) is 23.8. The van der Waals surface area contributed by atoms with Gasteiger partial charge in [0.25, 0.3) is 17.8 Å². The van der Waals surface area contributed by atoms with Crippen molar-refractivity contribution in [3.05, 3.63) is 33.8 Å². The highest BCUT2D eigenvalue weighted by Gasteiger charge is 2.64. The molecule has 1 aromatic rings. The Labute approximate surface area is 211 Å². The molecule has 2 unspecified atom stereocenters. The highest BCUT2D eigenvalue weighted by atomic mass is 35.5. The number of amides is 2. The van der Waals surface area contributed by atoms with Crippen molar-refractivity contribution in [2.45, 2.75) is 44.7 Å². The van der Waals surface area contributed by atoms with E-state index in [1.54, 1.807) is 0 Å². The second-order valence-corrected chi connectivity index (χ2v) is 9.59. The van der Waals surface area contributed by atoms with E-state index in [4.69, 9.17) is 37.2 Å². The molecular formula is C21H24BCl2N2O9-. The summed E-state index contributed by atoms with van der Waals surface area (Å²) in [6.45, 7) is 0.0715. The minimum atomic E-state index is -3.12. The van der Waals surface area contributed by atoms with Gasteiger partial charge in [0.2, 0.25) is 5.91 Å². The van der Waals surface area contributed by atoms with Crippen LogP contribution in [0.25, 0.3) is 0 Å². The molecule has 2 fully saturated rings. The first-order valence-corrected chi connectivity index (χ1v) is 11.5. The fourth-order valence-electron chi connectivity index (χ4n) is 4.01. The Bertz CT molecular complexity index is 1070. The van der Waals surface area contributed by atoms with Gasteiger partial charge in [-0.05, 0) is 24.1 Å². The fraction of sp³-hybridized carbons (Fsp3) is 0.476. The maximum Gasteiger partial charge on any atom is 0.518 e. The van der Waals surface area contributed by atoms with Crippen LogP contribution in [0, 0.1) is 5.92 Å². The summed E-state index contributed by atoms with van der Waals surface area (Å²) in [5.41, 5.74) is -1.82. The average molecular weight is 530 g/mol. The molecule has 2 aliphatic rings. The van der Waals surface area contributed by atoms with E-state index in [1.165, 1.54) is 18.2 Å². The molecule has 0 saturated carbocycles. The van der Waals surface area contributed by atoms with Crippen LogP contribution in [-0.2, 0) is 37.9 Å². The summed E-state index contributed by atoms with van der Waals surface area (Å²) in [5.74, 6) is -5.02. The van der Waals surface area contributed by atoms with Crippen molar-refractivity contribution in [2.75, 3.05) is 13.7 Å². The predicted molar refractivity (Wildman–Crippen MR) is 123 cm³/mol. The van der Waals surface area contributed by atoms with Gasteiger partial charge in [0.1, 0.15) is 5.60 Å². The molecule has 2 heterocycles. The summed E-state index contributed by atoms with van der Waals surface area (Å²) in [4.78, 5) is 62.1. The van der Waals surface area contributed by atoms with Crippen molar-refractivity contribution in [3.8, 4) is 0 Å². The Hall–Kier alpha value is -2.83. The van der Waals surface area contributed by atoms with Gasteiger partial charge in [-0.2, -0.15) is 0 Å². The van der Waals surface area contributed by atoms with Gasteiger partial charge < -0.3 is 29.3 Å². The van der Waals surface area contributed by atoms with Gasteiger partial charge in [0, 0.05) is 11.0 Å². The monoisotopic (exact) mass is 529 g/mol. The average Bonchev–Trinajstić information content (AvgIpc) is 2.98. The SMILES string of the molecule is COC(=O)C[C@@]12CC(=O)O[B-](C(CC(C)C)NC(=O)CNC(=O)c3cc(Cl)ccc3Cl)(OC1=O)O2. The number of rotatable bonds is 9. The van der Waals surface area contributed by atoms with Gasteiger partial charge in [0.15, 0.2) is 0 Å². The molecule has 0 radical (unpaired) electrons. The molecule has 2 saturated heterocycles. The third-order valence-electron chi connectivity index (χ3n) is 5.56. The summed E-state index contributed by atoms with van der Waals surface area (Å²) in [6.07, 6.45) is -0.905. The number of hydrogen-bond acceptors (Lipinski definition) is 9. The maximum atomic E-state index is 12.7. The zero-order valence-electron chi connectivity index (χ0n) is 19.2. The minimum Gasteiger partial charge on any atom is -0.632 e. The van der Waals surface area contributed by atoms with E-state index in [0.29, 0.717) is 0 Å². The van der Waals surface area contributed by atoms with E-state index in [-0.39, 0.29) is 27.9 Å². The molecule has 2 aliphatic heterocycles. The number of carbonyl (C=O) groups is 5. The van der Waals surface area contributed by atoms with Crippen LogP contribution in [0.5, 0.6) is 0 Å². The molecule has 2 bridgehead atoms. The van der Waals surface area contributed by atoms with Gasteiger partial charge in [-0.25, -0.2) is 0 Å². The minimum absolute atomic E-state index is 0.0602. The largest absolute Gasteiger partial charge is 0.632 e. The van der Waals surface area contributed by atoms with Crippen molar-refractivity contribution in [1.29, 1.82) is 0 Å². The number of nitrogens with one attached hydrogen (secondary N) is 2. The van der Waals surface area contributed by atoms with Crippen molar-refractivity contribution < 1.29 is 42.7 Å². The molecule has 3 rings (SSSR count). The molecule has 14 heteroatoms. The highest BCUT2D eigenvalue weighted by Crippen LogP contribution is 2.43. The molecule has 11 nitrogen and oxygen atoms in total. The highest BCUT2D eigenvalue weighted by molar-refractivity contribution is 6.68. The summed E-state index contributed by atoms with van der Waals surface area (Å²) in [5, 5.41) is 5.47. The molecule has 190 valence electrons. The smallest absolute Gasteiger partial charge is 0.518 e. The molecule has 0 spiro atoms. The molecule has 1 aromatic carbocycles. The number of benzene rings is 1. The number of esters is 1. The van der Waals surface area contributed by atoms with Gasteiger partial charge in [-0.15, -0.1) is 0 Å². The Kier molecular flexibility index (Phi) is 7.98. The Balaban J connectivity index is 1.76. The van der Waals surface area contributed by atoms with E-state index in [1.807, 2.05) is 13.8 Å². The summed E-state index contributed by atoms with van der Waals surface area (Å²) >= 11 is 11.9. The molecule has 0 aromatic heterocycles. The van der Waals surface area contributed by atoms with Crippen LogP contribution in [0.3, 0.4) is 0 Å². The van der Waals surface area contributed by atoms with E-state index in [9.17, 15) is 24.0 Å². The first kappa shape index (κ1) is 26.8. The molecular weight excluding hydrogens is 506 g/mol. The van der Waals surface area contributed by atoms with Crippen LogP contribution in [0.1, 0.15) is 43.5 Å². The quantitative estimate of drug-likeness (QED) is 0.359. The van der Waals surface area contributed by atoms with Gasteiger partial charge in [-0.3, -0.25) is 24.0 Å². The number of halogens is 2. The van der Waals surface area contributed by atoms with Crippen LogP contribution in [0.2, 0.25) is 10.0 Å². The Morgan fingerprint density at radius 2 is 1.91 bits per heavy atom. The number of ether oxygens (including phenoxy) is 1. The van der Waals surface area contributed by atoms with Crippen LogP contribution in [-0.4, -0.2) is 61.7 Å². The summed E-state index contributed by atoms with van der Waals surface area (Å²) in [7, 11) is 1.13. The van der Waals surface area contributed by atoms with Crippen molar-refractivity contribution in [3.63, 3.8) is 0 Å². The lowest BCUT2D eigenvalue weighted by atomic mass is 9.64.